The summed E-state index contributed by atoms with van der Waals surface area (Å²) in [6.07, 6.45) is 8.61. The lowest BCUT2D eigenvalue weighted by atomic mass is 9.53. The monoisotopic (exact) mass is 405 g/mol. The lowest BCUT2D eigenvalue weighted by molar-refractivity contribution is -0.752. The Balaban J connectivity index is 1.15. The summed E-state index contributed by atoms with van der Waals surface area (Å²) < 4.78 is 5.93. The van der Waals surface area contributed by atoms with Crippen LogP contribution < -0.4 is 15.4 Å². The van der Waals surface area contributed by atoms with Crippen LogP contribution in [0.3, 0.4) is 0 Å². The molecule has 0 unspecified atom stereocenters. The normalized spacial score (nSPS) is 29.0. The number of carbonyl (C=O) groups excluding carboxylic acids is 1. The van der Waals surface area contributed by atoms with Crippen molar-refractivity contribution in [2.24, 2.45) is 17.8 Å². The van der Waals surface area contributed by atoms with Crippen LogP contribution in [0.5, 0.6) is 5.75 Å². The number of ether oxygens (including phenoxy) is 1. The van der Waals surface area contributed by atoms with E-state index < -0.39 is 0 Å². The Morgan fingerprint density at radius 1 is 0.933 bits per heavy atom. The number of benzene rings is 2. The van der Waals surface area contributed by atoms with E-state index in [0.717, 1.165) is 35.6 Å². The Morgan fingerprint density at radius 3 is 2.27 bits per heavy atom. The molecule has 4 fully saturated rings. The highest BCUT2D eigenvalue weighted by Gasteiger charge is 2.53. The summed E-state index contributed by atoms with van der Waals surface area (Å²) in [6, 6.07) is 18.2. The molecule has 1 amide bonds. The van der Waals surface area contributed by atoms with Gasteiger partial charge >= 0.3 is 0 Å². The van der Waals surface area contributed by atoms with Crippen LogP contribution in [0.1, 0.15) is 49.7 Å². The van der Waals surface area contributed by atoms with Crippen molar-refractivity contribution in [2.75, 3.05) is 6.61 Å². The van der Waals surface area contributed by atoms with Gasteiger partial charge in [-0.05, 0) is 54.7 Å². The van der Waals surface area contributed by atoms with E-state index >= 15 is 0 Å². The summed E-state index contributed by atoms with van der Waals surface area (Å²) in [6.45, 7) is 1.53. The Kier molecular flexibility index (Phi) is 5.51. The largest absolute Gasteiger partial charge is 0.483 e. The van der Waals surface area contributed by atoms with E-state index in [1.54, 1.807) is 0 Å². The molecule has 0 heterocycles. The second-order valence-electron chi connectivity index (χ2n) is 9.85. The predicted octanol–water partition coefficient (Wildman–Crippen LogP) is 3.41. The molecule has 4 bridgehead atoms. The van der Waals surface area contributed by atoms with Crippen LogP contribution in [0, 0.1) is 17.8 Å². The second kappa shape index (κ2) is 8.43. The highest BCUT2D eigenvalue weighted by molar-refractivity contribution is 5.77. The number of nitrogens with one attached hydrogen (secondary N) is 1. The van der Waals surface area contributed by atoms with Crippen LogP contribution in [0.4, 0.5) is 0 Å². The first-order valence-corrected chi connectivity index (χ1v) is 11.5. The second-order valence-corrected chi connectivity index (χ2v) is 9.85. The fourth-order valence-electron chi connectivity index (χ4n) is 6.56. The van der Waals surface area contributed by atoms with Gasteiger partial charge in [-0.25, -0.2) is 0 Å². The van der Waals surface area contributed by atoms with Gasteiger partial charge in [0.15, 0.2) is 6.61 Å². The zero-order chi connectivity index (χ0) is 20.4. The molecule has 0 atom stereocenters. The number of amides is 1. The maximum Gasteiger partial charge on any atom is 0.258 e. The Hall–Kier alpha value is -2.33. The molecule has 4 aliphatic rings. The smallest absolute Gasteiger partial charge is 0.258 e. The average Bonchev–Trinajstić information content (AvgIpc) is 2.75. The van der Waals surface area contributed by atoms with Gasteiger partial charge in [-0.3, -0.25) is 4.79 Å². The Labute approximate surface area is 179 Å². The fraction of sp³-hybridized carbons (Fsp3) is 0.500. The molecular formula is C26H33N2O2+. The van der Waals surface area contributed by atoms with Gasteiger partial charge in [0.1, 0.15) is 12.3 Å². The van der Waals surface area contributed by atoms with Crippen LogP contribution in [-0.4, -0.2) is 18.1 Å². The van der Waals surface area contributed by atoms with E-state index in [-0.39, 0.29) is 12.5 Å². The number of hydrogen-bond acceptors (Lipinski definition) is 2. The predicted molar refractivity (Wildman–Crippen MR) is 117 cm³/mol. The fourth-order valence-corrected chi connectivity index (χ4v) is 6.56. The summed E-state index contributed by atoms with van der Waals surface area (Å²) in [7, 11) is 0. The van der Waals surface area contributed by atoms with Crippen LogP contribution in [0.15, 0.2) is 54.6 Å². The van der Waals surface area contributed by atoms with Gasteiger partial charge in [0.2, 0.25) is 0 Å². The van der Waals surface area contributed by atoms with Crippen molar-refractivity contribution in [1.29, 1.82) is 0 Å². The summed E-state index contributed by atoms with van der Waals surface area (Å²) in [5.41, 5.74) is 2.75. The van der Waals surface area contributed by atoms with Crippen LogP contribution in [0.2, 0.25) is 0 Å². The Morgan fingerprint density at radius 2 is 1.57 bits per heavy atom. The zero-order valence-corrected chi connectivity index (χ0v) is 17.7. The maximum atomic E-state index is 12.2. The van der Waals surface area contributed by atoms with Crippen LogP contribution in [0.25, 0.3) is 0 Å². The van der Waals surface area contributed by atoms with Crippen molar-refractivity contribution < 1.29 is 14.8 Å². The van der Waals surface area contributed by atoms with E-state index in [1.165, 1.54) is 44.1 Å². The molecule has 2 aromatic rings. The molecular weight excluding hydrogens is 372 g/mol. The lowest BCUT2D eigenvalue weighted by Gasteiger charge is -2.54. The standard InChI is InChI=1S/C26H32N2O2/c29-25(27-16-19-6-2-1-3-7-19)18-30-24-9-5-4-8-23(24)17-28-26-13-20-10-21(14-26)12-22(11-20)15-26/h1-9,20-22,28H,10-18H2,(H,27,29)/p+1. The van der Waals surface area contributed by atoms with Crippen molar-refractivity contribution in [1.82, 2.24) is 5.32 Å². The van der Waals surface area contributed by atoms with Crippen molar-refractivity contribution in [3.05, 3.63) is 65.7 Å². The highest BCUT2D eigenvalue weighted by Crippen LogP contribution is 2.54. The molecule has 0 aromatic heterocycles. The molecule has 158 valence electrons. The summed E-state index contributed by atoms with van der Waals surface area (Å²) in [5.74, 6) is 3.65. The topological polar surface area (TPSA) is 54.9 Å². The number of rotatable bonds is 8. The molecule has 4 aliphatic carbocycles. The maximum absolute atomic E-state index is 12.2. The highest BCUT2D eigenvalue weighted by atomic mass is 16.5. The minimum atomic E-state index is -0.0845. The van der Waals surface area contributed by atoms with Crippen molar-refractivity contribution in [2.45, 2.75) is 57.2 Å². The van der Waals surface area contributed by atoms with Crippen molar-refractivity contribution in [3.8, 4) is 5.75 Å². The minimum Gasteiger partial charge on any atom is -0.483 e. The first kappa shape index (κ1) is 19.6. The molecule has 4 saturated carbocycles. The molecule has 0 radical (unpaired) electrons. The van der Waals surface area contributed by atoms with Gasteiger partial charge in [-0.2, -0.15) is 0 Å². The number of quaternary nitrogens is 1. The molecule has 0 spiro atoms. The van der Waals surface area contributed by atoms with Crippen molar-refractivity contribution in [3.63, 3.8) is 0 Å². The summed E-state index contributed by atoms with van der Waals surface area (Å²) in [4.78, 5) is 12.2. The molecule has 4 nitrogen and oxygen atoms in total. The molecule has 4 heteroatoms. The van der Waals surface area contributed by atoms with E-state index in [9.17, 15) is 4.79 Å². The Bertz CT molecular complexity index is 844. The number of nitrogens with two attached hydrogens (primary N) is 1. The summed E-state index contributed by atoms with van der Waals surface area (Å²) in [5, 5.41) is 5.54. The quantitative estimate of drug-likeness (QED) is 0.707. The molecule has 0 aliphatic heterocycles. The lowest BCUT2D eigenvalue weighted by Crippen LogP contribution is -2.97. The van der Waals surface area contributed by atoms with Crippen molar-refractivity contribution >= 4 is 5.91 Å². The zero-order valence-electron chi connectivity index (χ0n) is 17.7. The molecule has 3 N–H and O–H groups in total. The first-order chi connectivity index (χ1) is 14.7. The van der Waals surface area contributed by atoms with E-state index in [0.29, 0.717) is 12.1 Å². The van der Waals surface area contributed by atoms with Gasteiger partial charge in [0, 0.05) is 31.4 Å². The molecule has 2 aromatic carbocycles. The number of hydrogen-bond donors (Lipinski definition) is 2. The van der Waals surface area contributed by atoms with E-state index in [2.05, 4.69) is 22.8 Å². The molecule has 30 heavy (non-hydrogen) atoms. The average molecular weight is 406 g/mol. The SMILES string of the molecule is O=C(COc1ccccc1C[NH2+]C12CC3CC(CC(C3)C1)C2)NCc1ccccc1. The van der Waals surface area contributed by atoms with Crippen LogP contribution in [-0.2, 0) is 17.9 Å². The number of carbonyl (C=O) groups is 1. The minimum absolute atomic E-state index is 0.0568. The van der Waals surface area contributed by atoms with Gasteiger partial charge in [0.25, 0.3) is 5.91 Å². The third kappa shape index (κ3) is 4.39. The summed E-state index contributed by atoms with van der Waals surface area (Å²) >= 11 is 0. The van der Waals surface area contributed by atoms with Crippen LogP contribution >= 0.6 is 0 Å². The first-order valence-electron chi connectivity index (χ1n) is 11.5. The number of para-hydroxylation sites is 1. The molecule has 0 saturated heterocycles. The van der Waals surface area contributed by atoms with Gasteiger partial charge < -0.3 is 15.4 Å². The third-order valence-electron chi connectivity index (χ3n) is 7.50. The van der Waals surface area contributed by atoms with Gasteiger partial charge in [-0.1, -0.05) is 42.5 Å². The van der Waals surface area contributed by atoms with Gasteiger partial charge in [-0.15, -0.1) is 0 Å². The third-order valence-corrected chi connectivity index (χ3v) is 7.50. The van der Waals surface area contributed by atoms with E-state index in [4.69, 9.17) is 4.74 Å². The van der Waals surface area contributed by atoms with Gasteiger partial charge in [0.05, 0.1) is 5.54 Å². The molecule has 6 rings (SSSR count). The van der Waals surface area contributed by atoms with E-state index in [1.807, 2.05) is 42.5 Å².